The first kappa shape index (κ1) is 46.2. The molecule has 0 N–H and O–H groups in total. The molecule has 70 heavy (non-hydrogen) atoms. The van der Waals surface area contributed by atoms with Crippen molar-refractivity contribution in [3.05, 3.63) is 178 Å². The van der Waals surface area contributed by atoms with E-state index in [1.165, 1.54) is 55.6 Å². The smallest absolute Gasteiger partial charge is 0.242 e. The minimum absolute atomic E-state index is 0. The standard InChI is InChI=1S/C63H61N5O.Pt/c1-59(2,3)37-30-43-44-31-38(60(4,5)6)33-48(62(10,11)12)56(44)63(55(43)47(32-37)61(7,8)9)45-29-27-40(35-54(45)67-36-65(13)52-25-19-21-46(63)57(52)67)69-39-26-28-42-41-20-15-17-23-50(41)68(53(42)34-39)58-64-49-22-16-18-24-51(49)66(58)14;/h15-33H,1-14H3;/q-2;. The Morgan fingerprint density at radius 3 is 1.79 bits per heavy atom. The van der Waals surface area contributed by atoms with Gasteiger partial charge in [-0.3, -0.25) is 0 Å². The molecule has 3 aromatic heterocycles. The van der Waals surface area contributed by atoms with Crippen LogP contribution in [0.5, 0.6) is 11.5 Å². The Kier molecular flexibility index (Phi) is 9.99. The third-order valence-corrected chi connectivity index (χ3v) is 15.2. The molecule has 7 aromatic carbocycles. The van der Waals surface area contributed by atoms with Crippen molar-refractivity contribution in [1.29, 1.82) is 0 Å². The number of fused-ring (bicyclic) bond motifs is 13. The summed E-state index contributed by atoms with van der Waals surface area (Å²) in [4.78, 5) is 5.15. The molecule has 12 rings (SSSR count). The zero-order valence-corrected chi connectivity index (χ0v) is 45.2. The van der Waals surface area contributed by atoms with Gasteiger partial charge in [0.05, 0.1) is 29.1 Å². The third kappa shape index (κ3) is 6.47. The van der Waals surface area contributed by atoms with Crippen LogP contribution < -0.4 is 9.30 Å². The first-order valence-electron chi connectivity index (χ1n) is 24.5. The third-order valence-electron chi connectivity index (χ3n) is 15.2. The summed E-state index contributed by atoms with van der Waals surface area (Å²) in [5.74, 6) is 2.04. The van der Waals surface area contributed by atoms with Crippen molar-refractivity contribution in [3.8, 4) is 34.3 Å². The molecule has 6 nitrogen and oxygen atoms in total. The van der Waals surface area contributed by atoms with Gasteiger partial charge in [-0.25, -0.2) is 4.98 Å². The van der Waals surface area contributed by atoms with E-state index in [1.807, 2.05) is 12.1 Å². The van der Waals surface area contributed by atoms with Gasteiger partial charge in [0.2, 0.25) is 12.3 Å². The summed E-state index contributed by atoms with van der Waals surface area (Å²) >= 11 is 0. The first-order chi connectivity index (χ1) is 32.6. The van der Waals surface area contributed by atoms with Gasteiger partial charge >= 0.3 is 0 Å². The minimum Gasteiger partial charge on any atom is -0.510 e. The van der Waals surface area contributed by atoms with Crippen LogP contribution in [0.2, 0.25) is 0 Å². The molecule has 1 spiro atoms. The number of ether oxygens (including phenoxy) is 1. The Morgan fingerprint density at radius 1 is 0.586 bits per heavy atom. The van der Waals surface area contributed by atoms with Crippen LogP contribution in [0.25, 0.3) is 66.6 Å². The number of hydrogen-bond acceptors (Lipinski definition) is 2. The SMILES string of the molecule is Cn1c(-n2c3[c-]c(Oc4[c-]c5c(cc4)C4(c6c(cc(C(C)(C)C)cc6C(C)(C)C)-c6cc(C(C)(C)C)cc(C(C)(C)C)c64)c4cccc6c4n-5[c-][n+]6C)ccc3c3ccccc32)nc2ccccc21.[Pt]. The summed E-state index contributed by atoms with van der Waals surface area (Å²) in [6, 6.07) is 50.1. The maximum Gasteiger partial charge on any atom is 0.242 e. The van der Waals surface area contributed by atoms with Crippen molar-refractivity contribution in [2.45, 2.75) is 110 Å². The number of rotatable bonds is 3. The van der Waals surface area contributed by atoms with E-state index in [0.717, 1.165) is 55.5 Å². The summed E-state index contributed by atoms with van der Waals surface area (Å²) in [6.07, 6.45) is 3.75. The summed E-state index contributed by atoms with van der Waals surface area (Å²) in [5.41, 5.74) is 19.2. The monoisotopic (exact) mass is 1100 g/mol. The number of hydrogen-bond donors (Lipinski definition) is 0. The number of nitrogens with zero attached hydrogens (tertiary/aromatic N) is 5. The summed E-state index contributed by atoms with van der Waals surface area (Å²) in [6.45, 7) is 28.5. The Labute approximate surface area is 427 Å². The molecule has 4 heterocycles. The minimum atomic E-state index is -0.695. The molecule has 0 fully saturated rings. The predicted octanol–water partition coefficient (Wildman–Crippen LogP) is 14.5. The van der Waals surface area contributed by atoms with Crippen molar-refractivity contribution in [2.24, 2.45) is 14.1 Å². The Morgan fingerprint density at radius 2 is 1.17 bits per heavy atom. The maximum absolute atomic E-state index is 6.99. The molecule has 1 aliphatic carbocycles. The number of aryl methyl sites for hydroxylation is 2. The fourth-order valence-corrected chi connectivity index (χ4v) is 11.7. The molecular weight excluding hydrogens is 1040 g/mol. The zero-order chi connectivity index (χ0) is 48.5. The fraction of sp³-hybridized carbons (Fsp3) is 0.302. The van der Waals surface area contributed by atoms with Gasteiger partial charge in [-0.05, 0) is 95.3 Å². The van der Waals surface area contributed by atoms with Gasteiger partial charge in [0, 0.05) is 50.5 Å². The second-order valence-corrected chi connectivity index (χ2v) is 23.9. The summed E-state index contributed by atoms with van der Waals surface area (Å²) in [7, 11) is 4.19. The van der Waals surface area contributed by atoms with Gasteiger partial charge in [0.1, 0.15) is 0 Å². The van der Waals surface area contributed by atoms with Crippen LogP contribution in [0.3, 0.4) is 0 Å². The average Bonchev–Trinajstić information content (AvgIpc) is 4.00. The number of benzene rings is 7. The van der Waals surface area contributed by atoms with Gasteiger partial charge in [-0.2, -0.15) is 12.1 Å². The fourth-order valence-electron chi connectivity index (χ4n) is 11.7. The zero-order valence-electron chi connectivity index (χ0n) is 42.9. The van der Waals surface area contributed by atoms with Gasteiger partial charge < -0.3 is 23.0 Å². The van der Waals surface area contributed by atoms with Crippen LogP contribution in [0.4, 0.5) is 0 Å². The normalized spacial score (nSPS) is 14.1. The van der Waals surface area contributed by atoms with Crippen molar-refractivity contribution < 1.29 is 30.4 Å². The molecule has 0 atom stereocenters. The van der Waals surface area contributed by atoms with E-state index in [2.05, 4.69) is 237 Å². The summed E-state index contributed by atoms with van der Waals surface area (Å²) in [5, 5.41) is 2.22. The van der Waals surface area contributed by atoms with Crippen LogP contribution in [-0.4, -0.2) is 18.7 Å². The van der Waals surface area contributed by atoms with E-state index in [0.29, 0.717) is 11.5 Å². The van der Waals surface area contributed by atoms with Crippen LogP contribution in [0, 0.1) is 18.5 Å². The molecule has 0 radical (unpaired) electrons. The van der Waals surface area contributed by atoms with Crippen LogP contribution in [0.1, 0.15) is 128 Å². The second-order valence-electron chi connectivity index (χ2n) is 23.9. The van der Waals surface area contributed by atoms with Gasteiger partial charge in [0.15, 0.2) is 0 Å². The van der Waals surface area contributed by atoms with Crippen LogP contribution >= 0.6 is 0 Å². The van der Waals surface area contributed by atoms with Crippen molar-refractivity contribution in [1.82, 2.24) is 18.7 Å². The van der Waals surface area contributed by atoms with Gasteiger partial charge in [-0.15, -0.1) is 35.2 Å². The molecule has 0 amide bonds. The van der Waals surface area contributed by atoms with Crippen LogP contribution in [0.15, 0.2) is 115 Å². The van der Waals surface area contributed by atoms with Crippen molar-refractivity contribution in [3.63, 3.8) is 0 Å². The number of aromatic nitrogens is 5. The van der Waals surface area contributed by atoms with Gasteiger partial charge in [-0.1, -0.05) is 167 Å². The molecule has 2 aliphatic rings. The number of imidazole rings is 2. The van der Waals surface area contributed by atoms with Crippen molar-refractivity contribution in [2.75, 3.05) is 0 Å². The van der Waals surface area contributed by atoms with E-state index < -0.39 is 5.41 Å². The molecule has 7 heteroatoms. The van der Waals surface area contributed by atoms with E-state index in [1.54, 1.807) is 0 Å². The second kappa shape index (κ2) is 15.1. The Bertz CT molecular complexity index is 3750. The summed E-state index contributed by atoms with van der Waals surface area (Å²) < 4.78 is 15.7. The van der Waals surface area contributed by atoms with Crippen molar-refractivity contribution >= 4 is 43.9 Å². The van der Waals surface area contributed by atoms with E-state index in [-0.39, 0.29) is 42.7 Å². The molecule has 1 aliphatic heterocycles. The average molecular weight is 1100 g/mol. The van der Waals surface area contributed by atoms with Crippen LogP contribution in [-0.2, 0) is 62.2 Å². The van der Waals surface area contributed by atoms with Gasteiger partial charge in [0.25, 0.3) is 0 Å². The Hall–Kier alpha value is -6.23. The molecule has 10 aromatic rings. The molecule has 356 valence electrons. The number of para-hydroxylation sites is 4. The largest absolute Gasteiger partial charge is 0.510 e. The van der Waals surface area contributed by atoms with E-state index >= 15 is 0 Å². The quantitative estimate of drug-likeness (QED) is 0.131. The topological polar surface area (TPSA) is 40.8 Å². The molecule has 0 saturated heterocycles. The first-order valence-corrected chi connectivity index (χ1v) is 24.5. The molecular formula is C63H61N5OPt-2. The van der Waals surface area contributed by atoms with E-state index in [9.17, 15) is 0 Å². The van der Waals surface area contributed by atoms with E-state index in [4.69, 9.17) is 9.72 Å². The molecule has 0 saturated carbocycles. The molecule has 0 bridgehead atoms. The molecule has 0 unspecified atom stereocenters. The maximum atomic E-state index is 6.99. The Balaban J connectivity index is 0.00000533. The predicted molar refractivity (Wildman–Crippen MR) is 282 cm³/mol.